The van der Waals surface area contributed by atoms with Crippen LogP contribution in [-0.4, -0.2) is 25.0 Å². The monoisotopic (exact) mass is 181 g/mol. The second-order valence-corrected chi connectivity index (χ2v) is 4.35. The van der Waals surface area contributed by atoms with Gasteiger partial charge in [-0.1, -0.05) is 25.0 Å². The zero-order valence-corrected chi connectivity index (χ0v) is 9.34. The van der Waals surface area contributed by atoms with Crippen LogP contribution in [0.25, 0.3) is 0 Å². The Hall–Kier alpha value is -0.300. The Morgan fingerprint density at radius 1 is 1.31 bits per heavy atom. The van der Waals surface area contributed by atoms with Crippen LogP contribution in [0.4, 0.5) is 0 Å². The van der Waals surface area contributed by atoms with E-state index in [1.54, 1.807) is 5.57 Å². The van der Waals surface area contributed by atoms with Crippen LogP contribution < -0.4 is 0 Å². The lowest BCUT2D eigenvalue weighted by Crippen LogP contribution is -2.30. The van der Waals surface area contributed by atoms with Crippen molar-refractivity contribution in [2.75, 3.05) is 14.1 Å². The molecule has 0 heterocycles. The van der Waals surface area contributed by atoms with E-state index in [4.69, 9.17) is 0 Å². The summed E-state index contributed by atoms with van der Waals surface area (Å²) in [6.45, 7) is 2.25. The Morgan fingerprint density at radius 2 is 1.92 bits per heavy atom. The van der Waals surface area contributed by atoms with Crippen LogP contribution in [0.5, 0.6) is 0 Å². The Labute approximate surface area is 82.8 Å². The first-order valence-corrected chi connectivity index (χ1v) is 5.58. The smallest absolute Gasteiger partial charge is 0.00952 e. The molecular formula is C12H23N. The van der Waals surface area contributed by atoms with Gasteiger partial charge in [0.15, 0.2) is 0 Å². The summed E-state index contributed by atoms with van der Waals surface area (Å²) in [6.07, 6.45) is 10.4. The van der Waals surface area contributed by atoms with Gasteiger partial charge in [-0.25, -0.2) is 0 Å². The molecule has 0 aromatic carbocycles. The van der Waals surface area contributed by atoms with E-state index in [0.717, 1.165) is 6.04 Å². The van der Waals surface area contributed by atoms with Crippen LogP contribution in [0.1, 0.15) is 45.4 Å². The third kappa shape index (κ3) is 3.51. The van der Waals surface area contributed by atoms with Crippen LogP contribution >= 0.6 is 0 Å². The summed E-state index contributed by atoms with van der Waals surface area (Å²) in [5.74, 6) is 0. The van der Waals surface area contributed by atoms with Crippen molar-refractivity contribution < 1.29 is 0 Å². The molecule has 0 aromatic heterocycles. The number of allylic oxidation sites excluding steroid dienone is 2. The summed E-state index contributed by atoms with van der Waals surface area (Å²) < 4.78 is 0. The third-order valence-electron chi connectivity index (χ3n) is 3.05. The maximum atomic E-state index is 2.46. The molecule has 0 aromatic rings. The number of unbranched alkanes of at least 4 members (excludes halogenated alkanes) is 1. The van der Waals surface area contributed by atoms with Crippen molar-refractivity contribution in [1.82, 2.24) is 4.90 Å². The Balaban J connectivity index is 2.30. The SMILES string of the molecule is CCCC=C1CCC(N(C)C)CC1. The first-order valence-electron chi connectivity index (χ1n) is 5.58. The van der Waals surface area contributed by atoms with Crippen molar-refractivity contribution in [2.45, 2.75) is 51.5 Å². The molecule has 0 bridgehead atoms. The second kappa shape index (κ2) is 5.43. The van der Waals surface area contributed by atoms with Gasteiger partial charge in [-0.15, -0.1) is 0 Å². The van der Waals surface area contributed by atoms with E-state index in [1.165, 1.54) is 38.5 Å². The molecular weight excluding hydrogens is 158 g/mol. The summed E-state index contributed by atoms with van der Waals surface area (Å²) in [5, 5.41) is 0. The summed E-state index contributed by atoms with van der Waals surface area (Å²) in [5.41, 5.74) is 1.71. The van der Waals surface area contributed by atoms with E-state index < -0.39 is 0 Å². The van der Waals surface area contributed by atoms with Gasteiger partial charge in [0.05, 0.1) is 0 Å². The van der Waals surface area contributed by atoms with Crippen molar-refractivity contribution in [3.63, 3.8) is 0 Å². The highest BCUT2D eigenvalue weighted by Gasteiger charge is 2.17. The summed E-state index contributed by atoms with van der Waals surface area (Å²) in [4.78, 5) is 2.37. The fourth-order valence-electron chi connectivity index (χ4n) is 2.04. The van der Waals surface area contributed by atoms with Gasteiger partial charge in [0, 0.05) is 6.04 Å². The molecule has 0 radical (unpaired) electrons. The minimum atomic E-state index is 0.832. The zero-order valence-electron chi connectivity index (χ0n) is 9.34. The average molecular weight is 181 g/mol. The molecule has 0 atom stereocenters. The first kappa shape index (κ1) is 10.8. The predicted octanol–water partition coefficient (Wildman–Crippen LogP) is 3.22. The van der Waals surface area contributed by atoms with E-state index in [2.05, 4.69) is 32.0 Å². The van der Waals surface area contributed by atoms with Gasteiger partial charge in [-0.2, -0.15) is 0 Å². The molecule has 1 nitrogen and oxygen atoms in total. The molecule has 1 fully saturated rings. The Kier molecular flexibility index (Phi) is 4.51. The Bertz CT molecular complexity index is 160. The quantitative estimate of drug-likeness (QED) is 0.604. The summed E-state index contributed by atoms with van der Waals surface area (Å²) in [7, 11) is 4.40. The van der Waals surface area contributed by atoms with Gasteiger partial charge in [-0.3, -0.25) is 0 Å². The molecule has 0 N–H and O–H groups in total. The van der Waals surface area contributed by atoms with Crippen LogP contribution in [0.15, 0.2) is 11.6 Å². The minimum absolute atomic E-state index is 0.832. The normalized spacial score (nSPS) is 23.7. The van der Waals surface area contributed by atoms with Crippen LogP contribution in [0.3, 0.4) is 0 Å². The highest BCUT2D eigenvalue weighted by Crippen LogP contribution is 2.26. The largest absolute Gasteiger partial charge is 0.306 e. The van der Waals surface area contributed by atoms with Gasteiger partial charge in [-0.05, 0) is 46.2 Å². The standard InChI is InChI=1S/C12H23N/c1-4-5-6-11-7-9-12(10-8-11)13(2)3/h6,12H,4-5,7-10H2,1-3H3. The molecule has 0 spiro atoms. The first-order chi connectivity index (χ1) is 6.24. The molecule has 13 heavy (non-hydrogen) atoms. The zero-order chi connectivity index (χ0) is 9.68. The molecule has 0 saturated heterocycles. The molecule has 1 rings (SSSR count). The molecule has 1 saturated carbocycles. The predicted molar refractivity (Wildman–Crippen MR) is 58.9 cm³/mol. The van der Waals surface area contributed by atoms with Crippen molar-refractivity contribution in [1.29, 1.82) is 0 Å². The number of hydrogen-bond acceptors (Lipinski definition) is 1. The Morgan fingerprint density at radius 3 is 2.38 bits per heavy atom. The second-order valence-electron chi connectivity index (χ2n) is 4.35. The number of rotatable bonds is 3. The fourth-order valence-corrected chi connectivity index (χ4v) is 2.04. The van der Waals surface area contributed by atoms with Crippen LogP contribution in [0.2, 0.25) is 0 Å². The van der Waals surface area contributed by atoms with Crippen molar-refractivity contribution in [3.8, 4) is 0 Å². The van der Waals surface area contributed by atoms with Gasteiger partial charge in [0.2, 0.25) is 0 Å². The van der Waals surface area contributed by atoms with Gasteiger partial charge >= 0.3 is 0 Å². The van der Waals surface area contributed by atoms with Crippen molar-refractivity contribution >= 4 is 0 Å². The van der Waals surface area contributed by atoms with E-state index in [-0.39, 0.29) is 0 Å². The lowest BCUT2D eigenvalue weighted by molar-refractivity contribution is 0.248. The third-order valence-corrected chi connectivity index (χ3v) is 3.05. The number of hydrogen-bond donors (Lipinski definition) is 0. The van der Waals surface area contributed by atoms with Crippen LogP contribution in [0, 0.1) is 0 Å². The topological polar surface area (TPSA) is 3.24 Å². The molecule has 0 amide bonds. The number of nitrogens with zero attached hydrogens (tertiary/aromatic N) is 1. The van der Waals surface area contributed by atoms with Crippen molar-refractivity contribution in [3.05, 3.63) is 11.6 Å². The maximum Gasteiger partial charge on any atom is 0.00952 e. The lowest BCUT2D eigenvalue weighted by atomic mass is 9.89. The average Bonchev–Trinajstić information content (AvgIpc) is 2.15. The molecule has 76 valence electrons. The highest BCUT2D eigenvalue weighted by molar-refractivity contribution is 5.06. The van der Waals surface area contributed by atoms with Gasteiger partial charge in [0.1, 0.15) is 0 Å². The van der Waals surface area contributed by atoms with Gasteiger partial charge < -0.3 is 4.90 Å². The van der Waals surface area contributed by atoms with E-state index in [0.29, 0.717) is 0 Å². The maximum absolute atomic E-state index is 2.46. The molecule has 0 aliphatic heterocycles. The lowest BCUT2D eigenvalue weighted by Gasteiger charge is -2.29. The van der Waals surface area contributed by atoms with Gasteiger partial charge in [0.25, 0.3) is 0 Å². The van der Waals surface area contributed by atoms with Crippen molar-refractivity contribution in [2.24, 2.45) is 0 Å². The summed E-state index contributed by atoms with van der Waals surface area (Å²) in [6, 6.07) is 0.832. The van der Waals surface area contributed by atoms with Crippen LogP contribution in [-0.2, 0) is 0 Å². The molecule has 1 heteroatoms. The van der Waals surface area contributed by atoms with E-state index in [1.807, 2.05) is 0 Å². The highest BCUT2D eigenvalue weighted by atomic mass is 15.1. The molecule has 1 aliphatic carbocycles. The molecule has 0 unspecified atom stereocenters. The minimum Gasteiger partial charge on any atom is -0.306 e. The fraction of sp³-hybridized carbons (Fsp3) is 0.833. The van der Waals surface area contributed by atoms with E-state index in [9.17, 15) is 0 Å². The van der Waals surface area contributed by atoms with E-state index >= 15 is 0 Å². The molecule has 1 aliphatic rings. The summed E-state index contributed by atoms with van der Waals surface area (Å²) >= 11 is 0.